The Hall–Kier alpha value is -3.36. The lowest BCUT2D eigenvalue weighted by molar-refractivity contribution is -0.139. The van der Waals surface area contributed by atoms with E-state index in [2.05, 4.69) is 5.32 Å². The van der Waals surface area contributed by atoms with Crippen LogP contribution in [0.3, 0.4) is 0 Å². The van der Waals surface area contributed by atoms with Crippen LogP contribution in [0.4, 0.5) is 5.69 Å². The zero-order chi connectivity index (χ0) is 29.7. The fourth-order valence-electron chi connectivity index (χ4n) is 5.08. The molecule has 0 aromatic heterocycles. The molecule has 0 heterocycles. The number of aryl methyl sites for hydroxylation is 2. The summed E-state index contributed by atoms with van der Waals surface area (Å²) in [6.07, 6.45) is 3.97. The van der Waals surface area contributed by atoms with Gasteiger partial charge in [0.25, 0.3) is 10.0 Å². The number of carbonyl (C=O) groups is 2. The van der Waals surface area contributed by atoms with Gasteiger partial charge in [-0.2, -0.15) is 0 Å². The predicted molar refractivity (Wildman–Crippen MR) is 163 cm³/mol. The number of sulfonamides is 1. The van der Waals surface area contributed by atoms with Crippen LogP contribution in [0.15, 0.2) is 71.6 Å². The van der Waals surface area contributed by atoms with Crippen LogP contribution in [0.1, 0.15) is 54.9 Å². The van der Waals surface area contributed by atoms with Crippen molar-refractivity contribution in [1.29, 1.82) is 0 Å². The van der Waals surface area contributed by atoms with E-state index >= 15 is 0 Å². The summed E-state index contributed by atoms with van der Waals surface area (Å²) in [5.41, 5.74) is 3.68. The number of amides is 2. The maximum absolute atomic E-state index is 14.1. The van der Waals surface area contributed by atoms with Crippen molar-refractivity contribution in [3.63, 3.8) is 0 Å². The van der Waals surface area contributed by atoms with Gasteiger partial charge in [-0.3, -0.25) is 13.9 Å². The highest BCUT2D eigenvalue weighted by Gasteiger charge is 2.34. The first-order valence-electron chi connectivity index (χ1n) is 14.0. The maximum Gasteiger partial charge on any atom is 0.264 e. The average molecular weight is 596 g/mol. The van der Waals surface area contributed by atoms with Gasteiger partial charge in [0.05, 0.1) is 10.6 Å². The van der Waals surface area contributed by atoms with Crippen LogP contribution < -0.4 is 9.62 Å². The van der Waals surface area contributed by atoms with Gasteiger partial charge >= 0.3 is 0 Å². The van der Waals surface area contributed by atoms with Crippen molar-refractivity contribution in [2.75, 3.05) is 10.8 Å². The van der Waals surface area contributed by atoms with E-state index in [9.17, 15) is 18.0 Å². The van der Waals surface area contributed by atoms with Gasteiger partial charge in [-0.25, -0.2) is 8.42 Å². The molecule has 1 N–H and O–H groups in total. The molecule has 0 spiro atoms. The van der Waals surface area contributed by atoms with Crippen LogP contribution >= 0.6 is 11.6 Å². The van der Waals surface area contributed by atoms with Crippen molar-refractivity contribution >= 4 is 39.1 Å². The minimum absolute atomic E-state index is 0.0624. The topological polar surface area (TPSA) is 86.8 Å². The first kappa shape index (κ1) is 30.6. The highest BCUT2D eigenvalue weighted by molar-refractivity contribution is 7.92. The Kier molecular flexibility index (Phi) is 9.76. The Labute approximate surface area is 248 Å². The van der Waals surface area contributed by atoms with E-state index in [0.29, 0.717) is 16.3 Å². The largest absolute Gasteiger partial charge is 0.352 e. The summed E-state index contributed by atoms with van der Waals surface area (Å²) in [7, 11) is -4.16. The number of nitrogens with one attached hydrogen (secondary N) is 1. The monoisotopic (exact) mass is 595 g/mol. The molecular formula is C32H38ClN3O4S. The zero-order valence-corrected chi connectivity index (χ0v) is 25.6. The Morgan fingerprint density at radius 3 is 2.12 bits per heavy atom. The molecule has 1 aliphatic rings. The molecule has 41 heavy (non-hydrogen) atoms. The standard InChI is InChI=1S/C32H38ClN3O4S/c1-22-12-16-26(17-13-22)20-35(25(4)32(38)34-27-8-5-6-9-27)31(37)21-36(30-11-7-10-29(33)24(30)3)41(39,40)28-18-14-23(2)15-19-28/h7,10-19,25,27H,5-6,8-9,20-21H2,1-4H3,(H,34,38). The van der Waals surface area contributed by atoms with Crippen LogP contribution in [0.2, 0.25) is 5.02 Å². The zero-order valence-electron chi connectivity index (χ0n) is 24.1. The third-order valence-electron chi connectivity index (χ3n) is 7.74. The maximum atomic E-state index is 14.1. The molecule has 3 aromatic carbocycles. The number of benzene rings is 3. The molecular weight excluding hydrogens is 558 g/mol. The summed E-state index contributed by atoms with van der Waals surface area (Å²) in [6.45, 7) is 6.93. The molecule has 0 saturated heterocycles. The first-order valence-corrected chi connectivity index (χ1v) is 15.8. The lowest BCUT2D eigenvalue weighted by atomic mass is 10.1. The molecule has 2 amide bonds. The predicted octanol–water partition coefficient (Wildman–Crippen LogP) is 5.94. The summed E-state index contributed by atoms with van der Waals surface area (Å²) in [6, 6.07) is 18.5. The van der Waals surface area contributed by atoms with E-state index in [1.165, 1.54) is 17.0 Å². The Bertz CT molecular complexity index is 1480. The number of nitrogens with zero attached hydrogens (tertiary/aromatic N) is 2. The Morgan fingerprint density at radius 1 is 0.927 bits per heavy atom. The van der Waals surface area contributed by atoms with Gasteiger partial charge in [-0.15, -0.1) is 0 Å². The Balaban J connectivity index is 1.71. The van der Waals surface area contributed by atoms with Crippen molar-refractivity contribution in [3.8, 4) is 0 Å². The highest BCUT2D eigenvalue weighted by Crippen LogP contribution is 2.31. The molecule has 9 heteroatoms. The highest BCUT2D eigenvalue weighted by atomic mass is 35.5. The van der Waals surface area contributed by atoms with E-state index in [1.807, 2.05) is 38.1 Å². The summed E-state index contributed by atoms with van der Waals surface area (Å²) >= 11 is 6.40. The molecule has 1 saturated carbocycles. The van der Waals surface area contributed by atoms with Gasteiger partial charge in [0.2, 0.25) is 11.8 Å². The Morgan fingerprint density at radius 2 is 1.51 bits per heavy atom. The molecule has 4 rings (SSSR count). The van der Waals surface area contributed by atoms with Gasteiger partial charge in [0.15, 0.2) is 0 Å². The number of anilines is 1. The van der Waals surface area contributed by atoms with Crippen molar-refractivity contribution in [2.45, 2.75) is 76.9 Å². The SMILES string of the molecule is Cc1ccc(CN(C(=O)CN(c2cccc(Cl)c2C)S(=O)(=O)c2ccc(C)cc2)C(C)C(=O)NC2CCCC2)cc1. The lowest BCUT2D eigenvalue weighted by Crippen LogP contribution is -2.52. The average Bonchev–Trinajstić information content (AvgIpc) is 3.46. The number of rotatable bonds is 10. The van der Waals surface area contributed by atoms with E-state index in [-0.39, 0.29) is 23.4 Å². The summed E-state index contributed by atoms with van der Waals surface area (Å²) in [5.74, 6) is -0.737. The summed E-state index contributed by atoms with van der Waals surface area (Å²) in [5, 5.41) is 3.48. The van der Waals surface area contributed by atoms with Crippen molar-refractivity contribution in [1.82, 2.24) is 10.2 Å². The van der Waals surface area contributed by atoms with E-state index in [0.717, 1.165) is 46.7 Å². The quantitative estimate of drug-likeness (QED) is 0.314. The first-order chi connectivity index (χ1) is 19.5. The number of halogens is 1. The molecule has 0 radical (unpaired) electrons. The smallest absolute Gasteiger partial charge is 0.264 e. The molecule has 1 unspecified atom stereocenters. The number of hydrogen-bond donors (Lipinski definition) is 1. The minimum Gasteiger partial charge on any atom is -0.352 e. The second-order valence-electron chi connectivity index (χ2n) is 10.9. The molecule has 0 aliphatic heterocycles. The second kappa shape index (κ2) is 13.1. The molecule has 7 nitrogen and oxygen atoms in total. The van der Waals surface area contributed by atoms with Crippen molar-refractivity contribution in [2.24, 2.45) is 0 Å². The van der Waals surface area contributed by atoms with Gasteiger partial charge in [-0.05, 0) is 75.9 Å². The van der Waals surface area contributed by atoms with Gasteiger partial charge in [0.1, 0.15) is 12.6 Å². The normalized spacial score (nSPS) is 14.5. The molecule has 3 aromatic rings. The van der Waals surface area contributed by atoms with Crippen LogP contribution in [-0.2, 0) is 26.2 Å². The molecule has 218 valence electrons. The minimum atomic E-state index is -4.16. The second-order valence-corrected chi connectivity index (χ2v) is 13.2. The van der Waals surface area contributed by atoms with Crippen LogP contribution in [-0.4, -0.2) is 43.8 Å². The fraction of sp³-hybridized carbons (Fsp3) is 0.375. The summed E-state index contributed by atoms with van der Waals surface area (Å²) in [4.78, 5) is 29.0. The van der Waals surface area contributed by atoms with Crippen LogP contribution in [0, 0.1) is 20.8 Å². The fourth-order valence-corrected chi connectivity index (χ4v) is 6.72. The van der Waals surface area contributed by atoms with Gasteiger partial charge < -0.3 is 10.2 Å². The van der Waals surface area contributed by atoms with Crippen molar-refractivity contribution < 1.29 is 18.0 Å². The van der Waals surface area contributed by atoms with E-state index in [4.69, 9.17) is 11.6 Å². The molecule has 0 bridgehead atoms. The van der Waals surface area contributed by atoms with Crippen LogP contribution in [0.25, 0.3) is 0 Å². The van der Waals surface area contributed by atoms with Crippen LogP contribution in [0.5, 0.6) is 0 Å². The molecule has 1 fully saturated rings. The molecule has 1 aliphatic carbocycles. The van der Waals surface area contributed by atoms with E-state index in [1.54, 1.807) is 44.2 Å². The third-order valence-corrected chi connectivity index (χ3v) is 9.92. The third kappa shape index (κ3) is 7.29. The molecule has 1 atom stereocenters. The number of carbonyl (C=O) groups excluding carboxylic acids is 2. The lowest BCUT2D eigenvalue weighted by Gasteiger charge is -2.33. The van der Waals surface area contributed by atoms with Crippen molar-refractivity contribution in [3.05, 3.63) is 94.0 Å². The van der Waals surface area contributed by atoms with Gasteiger partial charge in [-0.1, -0.05) is 78.0 Å². The number of hydrogen-bond acceptors (Lipinski definition) is 4. The van der Waals surface area contributed by atoms with Gasteiger partial charge in [0, 0.05) is 17.6 Å². The van der Waals surface area contributed by atoms with E-state index < -0.39 is 28.5 Å². The summed E-state index contributed by atoms with van der Waals surface area (Å²) < 4.78 is 29.2.